The van der Waals surface area contributed by atoms with Crippen LogP contribution in [0, 0.1) is 5.92 Å². The summed E-state index contributed by atoms with van der Waals surface area (Å²) in [6, 6.07) is 7.90. The first-order chi connectivity index (χ1) is 19.0. The maximum atomic E-state index is 13.6. The van der Waals surface area contributed by atoms with Crippen molar-refractivity contribution in [1.82, 2.24) is 20.6 Å². The second kappa shape index (κ2) is 13.6. The molecule has 0 aliphatic carbocycles. The molecule has 3 N–H and O–H groups in total. The second-order valence-corrected chi connectivity index (χ2v) is 9.76. The molecule has 0 saturated carbocycles. The largest absolute Gasteiger partial charge is 0.622 e. The van der Waals surface area contributed by atoms with Gasteiger partial charge in [0, 0.05) is 25.9 Å². The molecule has 0 spiro atoms. The molecule has 2 heterocycles. The van der Waals surface area contributed by atoms with E-state index in [4.69, 9.17) is 14.0 Å². The van der Waals surface area contributed by atoms with Crippen molar-refractivity contribution in [3.63, 3.8) is 0 Å². The van der Waals surface area contributed by atoms with Gasteiger partial charge in [-0.1, -0.05) is 44.2 Å². The molecule has 14 heteroatoms. The van der Waals surface area contributed by atoms with Crippen molar-refractivity contribution in [3.8, 4) is 0 Å². The Bertz CT molecular complexity index is 1220. The summed E-state index contributed by atoms with van der Waals surface area (Å²) >= 11 is 0. The monoisotopic (exact) mass is 554 g/mol. The minimum Gasteiger partial charge on any atom is -0.498 e. The van der Waals surface area contributed by atoms with E-state index >= 15 is 0 Å². The highest BCUT2D eigenvalue weighted by Crippen LogP contribution is 2.28. The highest BCUT2D eigenvalue weighted by molar-refractivity contribution is 6.52. The number of ether oxygens (including phenoxy) is 1. The van der Waals surface area contributed by atoms with Crippen molar-refractivity contribution in [2.75, 3.05) is 7.11 Å². The van der Waals surface area contributed by atoms with E-state index in [0.717, 1.165) is 12.7 Å². The summed E-state index contributed by atoms with van der Waals surface area (Å²) in [7, 11) is -0.468. The van der Waals surface area contributed by atoms with Crippen LogP contribution in [0.25, 0.3) is 0 Å². The Morgan fingerprint density at radius 3 is 2.45 bits per heavy atom. The van der Waals surface area contributed by atoms with Crippen LogP contribution in [0.2, 0.25) is 0 Å². The molecule has 212 valence electrons. The van der Waals surface area contributed by atoms with Gasteiger partial charge in [0.1, 0.15) is 11.7 Å². The van der Waals surface area contributed by atoms with Crippen LogP contribution in [0.4, 0.5) is 0 Å². The lowest BCUT2D eigenvalue weighted by molar-refractivity contribution is -0.168. The van der Waals surface area contributed by atoms with E-state index in [1.165, 1.54) is 18.6 Å². The molecule has 40 heavy (non-hydrogen) atoms. The molecule has 3 atom stereocenters. The summed E-state index contributed by atoms with van der Waals surface area (Å²) in [6.07, 6.45) is 2.84. The molecule has 1 aliphatic rings. The molecule has 0 bridgehead atoms. The first kappa shape index (κ1) is 30.2. The third-order valence-corrected chi connectivity index (χ3v) is 6.18. The number of aliphatic carboxylic acids is 1. The van der Waals surface area contributed by atoms with Crippen molar-refractivity contribution in [2.24, 2.45) is 5.92 Å². The Labute approximate surface area is 231 Å². The van der Waals surface area contributed by atoms with Crippen LogP contribution in [0.15, 0.2) is 48.9 Å². The molecular formula is C26H31BN4O9. The van der Waals surface area contributed by atoms with E-state index in [0.29, 0.717) is 0 Å². The highest BCUT2D eigenvalue weighted by atomic mass is 16.7. The number of carbonyl (C=O) groups excluding carboxylic acids is 4. The summed E-state index contributed by atoms with van der Waals surface area (Å²) in [5, 5.41) is 14.7. The minimum atomic E-state index is -2.08. The Morgan fingerprint density at radius 2 is 1.85 bits per heavy atom. The zero-order valence-electron chi connectivity index (χ0n) is 22.4. The molecule has 1 aliphatic heterocycles. The fourth-order valence-corrected chi connectivity index (χ4v) is 4.22. The predicted molar refractivity (Wildman–Crippen MR) is 139 cm³/mol. The van der Waals surface area contributed by atoms with Gasteiger partial charge in [-0.05, 0) is 17.9 Å². The number of methoxy groups -OCH3 is 1. The lowest BCUT2D eigenvalue weighted by atomic mass is 9.73. The number of aromatic nitrogens is 2. The number of carbonyl (C=O) groups is 5. The van der Waals surface area contributed by atoms with E-state index in [2.05, 4.69) is 20.6 Å². The molecule has 0 radical (unpaired) electrons. The number of carboxylic acids is 1. The molecular weight excluding hydrogens is 523 g/mol. The van der Waals surface area contributed by atoms with Gasteiger partial charge in [0.25, 0.3) is 11.9 Å². The van der Waals surface area contributed by atoms with E-state index in [1.54, 1.807) is 24.3 Å². The minimum absolute atomic E-state index is 0.00746. The first-order valence-electron chi connectivity index (χ1n) is 12.6. The smallest absolute Gasteiger partial charge is 0.498 e. The second-order valence-electron chi connectivity index (χ2n) is 9.76. The molecule has 2 amide bonds. The third-order valence-electron chi connectivity index (χ3n) is 6.18. The quantitative estimate of drug-likeness (QED) is 0.314. The number of benzene rings is 1. The Morgan fingerprint density at radius 1 is 1.12 bits per heavy atom. The molecule has 3 rings (SSSR count). The highest BCUT2D eigenvalue weighted by Gasteiger charge is 2.53. The molecule has 1 aromatic heterocycles. The lowest BCUT2D eigenvalue weighted by Gasteiger charge is -2.28. The SMILES string of the molecule is COC1(CC(=O)O)CC(=O)OB([C@H](CC(C)C)NC(=O)[C@H](Cc2ccccc2)NC(=O)c2cnccn2)OC1=O. The Hall–Kier alpha value is -4.33. The van der Waals surface area contributed by atoms with Crippen LogP contribution >= 0.6 is 0 Å². The van der Waals surface area contributed by atoms with Crippen molar-refractivity contribution < 1.29 is 43.1 Å². The van der Waals surface area contributed by atoms with Gasteiger partial charge in [0.15, 0.2) is 5.60 Å². The van der Waals surface area contributed by atoms with Crippen LogP contribution in [-0.4, -0.2) is 76.6 Å². The molecule has 1 unspecified atom stereocenters. The Balaban J connectivity index is 1.86. The maximum absolute atomic E-state index is 13.6. The zero-order valence-corrected chi connectivity index (χ0v) is 22.4. The van der Waals surface area contributed by atoms with Crippen LogP contribution in [0.1, 0.15) is 49.2 Å². The molecule has 1 aromatic carbocycles. The van der Waals surface area contributed by atoms with Crippen LogP contribution in [-0.2, 0) is 39.6 Å². The molecule has 2 aromatic rings. The van der Waals surface area contributed by atoms with Gasteiger partial charge in [0.2, 0.25) is 5.91 Å². The fourth-order valence-electron chi connectivity index (χ4n) is 4.22. The predicted octanol–water partition coefficient (Wildman–Crippen LogP) is 0.726. The van der Waals surface area contributed by atoms with Gasteiger partial charge < -0.3 is 29.8 Å². The van der Waals surface area contributed by atoms with Gasteiger partial charge in [-0.25, -0.2) is 4.98 Å². The van der Waals surface area contributed by atoms with Gasteiger partial charge in [0.05, 0.1) is 25.0 Å². The maximum Gasteiger partial charge on any atom is 0.622 e. The number of hydrogen-bond donors (Lipinski definition) is 3. The van der Waals surface area contributed by atoms with Crippen LogP contribution in [0.5, 0.6) is 0 Å². The van der Waals surface area contributed by atoms with Gasteiger partial charge in [-0.2, -0.15) is 0 Å². The molecule has 1 saturated heterocycles. The standard InChI is InChI=1S/C26H31BN4O9/c1-16(2)11-20(27-39-22(34)14-26(38-3,13-21(32)33)25(37)40-27)31-23(35)18(12-17-7-5-4-6-8-17)30-24(36)19-15-28-9-10-29-19/h4-10,15-16,18,20H,11-14H2,1-3H3,(H,30,36)(H,31,35)(H,32,33)/t18-,20-,26?/m0/s1. The number of rotatable bonds is 12. The number of nitrogens with zero attached hydrogens (tertiary/aromatic N) is 2. The number of hydrogen-bond acceptors (Lipinski definition) is 10. The normalized spacial score (nSPS) is 18.6. The zero-order chi connectivity index (χ0) is 29.3. The summed E-state index contributed by atoms with van der Waals surface area (Å²) in [6.45, 7) is 3.70. The van der Waals surface area contributed by atoms with Crippen LogP contribution < -0.4 is 10.6 Å². The van der Waals surface area contributed by atoms with Crippen molar-refractivity contribution in [3.05, 3.63) is 60.2 Å². The average molecular weight is 554 g/mol. The average Bonchev–Trinajstić information content (AvgIpc) is 3.03. The lowest BCUT2D eigenvalue weighted by Crippen LogP contribution is -2.57. The summed E-state index contributed by atoms with van der Waals surface area (Å²) < 4.78 is 15.9. The van der Waals surface area contributed by atoms with Gasteiger partial charge in [-0.3, -0.25) is 29.0 Å². The van der Waals surface area contributed by atoms with Crippen LogP contribution in [0.3, 0.4) is 0 Å². The fraction of sp³-hybridized carbons (Fsp3) is 0.423. The number of amides is 2. The third kappa shape index (κ3) is 8.09. The van der Waals surface area contributed by atoms with E-state index in [-0.39, 0.29) is 24.5 Å². The topological polar surface area (TPSA) is 183 Å². The van der Waals surface area contributed by atoms with Crippen molar-refractivity contribution in [1.29, 1.82) is 0 Å². The number of nitrogens with one attached hydrogen (secondary N) is 2. The van der Waals surface area contributed by atoms with Gasteiger partial charge >= 0.3 is 19.1 Å². The summed E-state index contributed by atoms with van der Waals surface area (Å²) in [4.78, 5) is 71.3. The molecule has 1 fully saturated rings. The van der Waals surface area contributed by atoms with E-state index in [9.17, 15) is 29.1 Å². The van der Waals surface area contributed by atoms with E-state index in [1.807, 2.05) is 19.9 Å². The molecule has 13 nitrogen and oxygen atoms in total. The van der Waals surface area contributed by atoms with Crippen molar-refractivity contribution in [2.45, 2.75) is 57.1 Å². The summed E-state index contributed by atoms with van der Waals surface area (Å²) in [5.74, 6) is -5.75. The summed E-state index contributed by atoms with van der Waals surface area (Å²) in [5.41, 5.74) is -1.31. The first-order valence-corrected chi connectivity index (χ1v) is 12.6. The Kier molecular flexibility index (Phi) is 10.3. The van der Waals surface area contributed by atoms with Gasteiger partial charge in [-0.15, -0.1) is 0 Å². The van der Waals surface area contributed by atoms with Crippen molar-refractivity contribution >= 4 is 36.8 Å². The number of carboxylic acid groups (broad SMARTS) is 1. The van der Waals surface area contributed by atoms with E-state index < -0.39 is 67.3 Å².